The van der Waals surface area contributed by atoms with Crippen LogP contribution in [-0.2, 0) is 0 Å². The van der Waals surface area contributed by atoms with Gasteiger partial charge in [-0.25, -0.2) is 9.97 Å². The molecule has 10 heteroatoms. The number of aromatic nitrogens is 4. The van der Waals surface area contributed by atoms with Crippen LogP contribution >= 0.6 is 15.9 Å². The van der Waals surface area contributed by atoms with E-state index in [4.69, 9.17) is 10.7 Å². The summed E-state index contributed by atoms with van der Waals surface area (Å²) in [5.41, 5.74) is 7.83. The van der Waals surface area contributed by atoms with Crippen LogP contribution in [0.25, 0.3) is 11.0 Å². The highest BCUT2D eigenvalue weighted by atomic mass is 79.9. The Hall–Kier alpha value is -2.85. The Morgan fingerprint density at radius 3 is 2.64 bits per heavy atom. The number of amides is 1. The van der Waals surface area contributed by atoms with E-state index in [2.05, 4.69) is 31.2 Å². The van der Waals surface area contributed by atoms with Crippen LogP contribution in [0.1, 0.15) is 54.1 Å². The molecule has 1 unspecified atom stereocenters. The van der Waals surface area contributed by atoms with E-state index in [1.165, 1.54) is 0 Å². The summed E-state index contributed by atoms with van der Waals surface area (Å²) in [5, 5.41) is 3.95. The van der Waals surface area contributed by atoms with E-state index >= 15 is 0 Å². The monoisotopic (exact) mass is 511 g/mol. The van der Waals surface area contributed by atoms with Crippen LogP contribution in [0, 0.1) is 6.92 Å². The molecule has 3 N–H and O–H groups in total. The molecule has 1 saturated carbocycles. The van der Waals surface area contributed by atoms with E-state index in [-0.39, 0.29) is 23.6 Å². The minimum Gasteiger partial charge on any atom is -0.337 e. The van der Waals surface area contributed by atoms with Crippen molar-refractivity contribution in [3.05, 3.63) is 50.5 Å². The second kappa shape index (κ2) is 8.83. The van der Waals surface area contributed by atoms with E-state index < -0.39 is 0 Å². The molecule has 0 bridgehead atoms. The number of hydrogen-bond acceptors (Lipinski definition) is 7. The van der Waals surface area contributed by atoms with E-state index in [1.807, 2.05) is 11.5 Å². The van der Waals surface area contributed by atoms with Crippen molar-refractivity contribution < 1.29 is 4.79 Å². The maximum atomic E-state index is 13.1. The molecule has 4 heterocycles. The third kappa shape index (κ3) is 4.13. The average molecular weight is 512 g/mol. The average Bonchev–Trinajstić information content (AvgIpc) is 3.50. The summed E-state index contributed by atoms with van der Waals surface area (Å²) in [6, 6.07) is 3.65. The highest BCUT2D eigenvalue weighted by Crippen LogP contribution is 2.32. The lowest BCUT2D eigenvalue weighted by molar-refractivity contribution is 0.0790. The molecule has 0 aromatic carbocycles. The Balaban J connectivity index is 1.43. The third-order valence-corrected chi connectivity index (χ3v) is 7.52. The number of nitrogens with zero attached hydrogens (tertiary/aromatic N) is 5. The molecule has 1 amide bonds. The van der Waals surface area contributed by atoms with E-state index in [1.54, 1.807) is 29.4 Å². The van der Waals surface area contributed by atoms with Crippen molar-refractivity contribution in [1.82, 2.24) is 24.4 Å². The van der Waals surface area contributed by atoms with Gasteiger partial charge in [-0.1, -0.05) is 12.8 Å². The number of halogens is 1. The third-order valence-electron chi connectivity index (χ3n) is 6.59. The molecule has 3 aromatic heterocycles. The molecule has 3 aromatic rings. The fourth-order valence-corrected chi connectivity index (χ4v) is 5.13. The van der Waals surface area contributed by atoms with Crippen LogP contribution in [0.5, 0.6) is 0 Å². The van der Waals surface area contributed by atoms with Crippen LogP contribution in [0.2, 0.25) is 0 Å². The number of anilines is 2. The predicted molar refractivity (Wildman–Crippen MR) is 130 cm³/mol. The maximum Gasteiger partial charge on any atom is 0.267 e. The molecule has 1 aliphatic heterocycles. The summed E-state index contributed by atoms with van der Waals surface area (Å²) in [5.74, 6) is 0.811. The first-order valence-electron chi connectivity index (χ1n) is 11.3. The van der Waals surface area contributed by atoms with Crippen molar-refractivity contribution >= 4 is 44.6 Å². The molecule has 2 fully saturated rings. The standard InChI is InChI=1S/C23H26BrN7O2/c1-13-17-11-27-23(29-20(17)31(22(33)19(13)24)16-4-2-3-5-16)28-18-7-6-14(10-26-18)21(32)30-9-8-15(25)12-30/h6-7,10-11,15-16H,2-5,8-9,12,25H2,1H3,(H,26,27,28,29). The molecule has 2 aliphatic rings. The van der Waals surface area contributed by atoms with Gasteiger partial charge in [0.25, 0.3) is 11.5 Å². The van der Waals surface area contributed by atoms with Gasteiger partial charge in [-0.2, -0.15) is 4.98 Å². The number of pyridine rings is 2. The Morgan fingerprint density at radius 1 is 1.18 bits per heavy atom. The summed E-state index contributed by atoms with van der Waals surface area (Å²) in [6.07, 6.45) is 8.26. The van der Waals surface area contributed by atoms with Gasteiger partial charge >= 0.3 is 0 Å². The normalized spacial score (nSPS) is 18.9. The highest BCUT2D eigenvalue weighted by molar-refractivity contribution is 9.10. The van der Waals surface area contributed by atoms with Crippen molar-refractivity contribution in [2.24, 2.45) is 5.73 Å². The van der Waals surface area contributed by atoms with Crippen molar-refractivity contribution in [1.29, 1.82) is 0 Å². The van der Waals surface area contributed by atoms with Crippen molar-refractivity contribution in [2.45, 2.75) is 51.1 Å². The zero-order valence-electron chi connectivity index (χ0n) is 18.4. The molecule has 33 heavy (non-hydrogen) atoms. The topological polar surface area (TPSA) is 119 Å². The van der Waals surface area contributed by atoms with E-state index in [0.717, 1.165) is 43.1 Å². The molecule has 1 atom stereocenters. The number of carbonyl (C=O) groups excluding carboxylic acids is 1. The number of carbonyl (C=O) groups is 1. The number of nitrogens with one attached hydrogen (secondary N) is 1. The van der Waals surface area contributed by atoms with E-state index in [9.17, 15) is 9.59 Å². The summed E-state index contributed by atoms with van der Waals surface area (Å²) < 4.78 is 2.37. The lowest BCUT2D eigenvalue weighted by Gasteiger charge is -2.18. The second-order valence-electron chi connectivity index (χ2n) is 8.84. The molecular weight excluding hydrogens is 486 g/mol. The minimum atomic E-state index is -0.0643. The van der Waals surface area contributed by atoms with Gasteiger partial charge in [0.2, 0.25) is 5.95 Å². The first kappa shape index (κ1) is 22.0. The van der Waals surface area contributed by atoms with Gasteiger partial charge in [-0.05, 0) is 59.8 Å². The van der Waals surface area contributed by atoms with Crippen LogP contribution < -0.4 is 16.6 Å². The number of nitrogens with two attached hydrogens (primary N) is 1. The molecule has 9 nitrogen and oxygen atoms in total. The molecule has 1 saturated heterocycles. The molecule has 5 rings (SSSR count). The lowest BCUT2D eigenvalue weighted by atomic mass is 10.1. The number of likely N-dealkylation sites (tertiary alicyclic amines) is 1. The number of fused-ring (bicyclic) bond motifs is 1. The second-order valence-corrected chi connectivity index (χ2v) is 9.63. The van der Waals surface area contributed by atoms with Gasteiger partial charge in [0, 0.05) is 43.0 Å². The first-order chi connectivity index (χ1) is 15.9. The molecule has 0 radical (unpaired) electrons. The van der Waals surface area contributed by atoms with Gasteiger partial charge in [-0.15, -0.1) is 0 Å². The van der Waals surface area contributed by atoms with Gasteiger partial charge in [0.15, 0.2) is 0 Å². The summed E-state index contributed by atoms with van der Waals surface area (Å²) >= 11 is 3.46. The van der Waals surface area contributed by atoms with Gasteiger partial charge in [-0.3, -0.25) is 14.2 Å². The van der Waals surface area contributed by atoms with Crippen LogP contribution in [-0.4, -0.2) is 49.5 Å². The van der Waals surface area contributed by atoms with Crippen molar-refractivity contribution in [3.63, 3.8) is 0 Å². The van der Waals surface area contributed by atoms with E-state index in [0.29, 0.717) is 40.5 Å². The largest absolute Gasteiger partial charge is 0.337 e. The van der Waals surface area contributed by atoms with Gasteiger partial charge in [0.05, 0.1) is 10.0 Å². The Kier molecular flexibility index (Phi) is 5.88. The van der Waals surface area contributed by atoms with Gasteiger partial charge < -0.3 is 16.0 Å². The van der Waals surface area contributed by atoms with Crippen LogP contribution in [0.3, 0.4) is 0 Å². The number of aryl methyl sites for hydroxylation is 1. The molecule has 0 spiro atoms. The van der Waals surface area contributed by atoms with Crippen molar-refractivity contribution in [2.75, 3.05) is 18.4 Å². The lowest BCUT2D eigenvalue weighted by Crippen LogP contribution is -2.31. The SMILES string of the molecule is Cc1c(Br)c(=O)n(C2CCCC2)c2nc(Nc3ccc(C(=O)N4CCC(N)C4)cn3)ncc12. The number of hydrogen-bond donors (Lipinski definition) is 2. The summed E-state index contributed by atoms with van der Waals surface area (Å²) in [4.78, 5) is 40.9. The fraction of sp³-hybridized carbons (Fsp3) is 0.435. The van der Waals surface area contributed by atoms with Crippen molar-refractivity contribution in [3.8, 4) is 0 Å². The highest BCUT2D eigenvalue weighted by Gasteiger charge is 2.25. The summed E-state index contributed by atoms with van der Waals surface area (Å²) in [6.45, 7) is 3.14. The van der Waals surface area contributed by atoms with Gasteiger partial charge in [0.1, 0.15) is 11.5 Å². The minimum absolute atomic E-state index is 0.0405. The van der Waals surface area contributed by atoms with Crippen LogP contribution in [0.4, 0.5) is 11.8 Å². The molecule has 172 valence electrons. The molecular formula is C23H26BrN7O2. The predicted octanol–water partition coefficient (Wildman–Crippen LogP) is 3.29. The smallest absolute Gasteiger partial charge is 0.267 e. The zero-order valence-corrected chi connectivity index (χ0v) is 20.0. The Morgan fingerprint density at radius 2 is 1.97 bits per heavy atom. The Labute approximate surface area is 199 Å². The zero-order chi connectivity index (χ0) is 23.1. The summed E-state index contributed by atoms with van der Waals surface area (Å²) in [7, 11) is 0. The fourth-order valence-electron chi connectivity index (χ4n) is 4.73. The quantitative estimate of drug-likeness (QED) is 0.551. The first-order valence-corrected chi connectivity index (χ1v) is 12.1. The molecule has 1 aliphatic carbocycles. The maximum absolute atomic E-state index is 13.1. The van der Waals surface area contributed by atoms with Crippen LogP contribution in [0.15, 0.2) is 33.8 Å². The Bertz CT molecular complexity index is 1270. The number of rotatable bonds is 4.